The first-order valence-electron chi connectivity index (χ1n) is 6.51. The Morgan fingerprint density at radius 1 is 1.30 bits per heavy atom. The van der Waals surface area contributed by atoms with E-state index in [1.54, 1.807) is 0 Å². The maximum Gasteiger partial charge on any atom is 0.328 e. The zero-order valence-electron chi connectivity index (χ0n) is 11.0. The fourth-order valence-electron chi connectivity index (χ4n) is 2.97. The minimum Gasteiger partial charge on any atom is -0.468 e. The SMILES string of the molecule is COC(=O)[C@]1(Br)c2ccc3ccccc3c2CC[C@@H]1Br. The molecule has 0 saturated carbocycles. The molecule has 1 aliphatic carbocycles. The third kappa shape index (κ3) is 1.92. The summed E-state index contributed by atoms with van der Waals surface area (Å²) in [7, 11) is 1.43. The van der Waals surface area contributed by atoms with Crippen LogP contribution in [-0.4, -0.2) is 17.9 Å². The average Bonchev–Trinajstić information content (AvgIpc) is 2.49. The lowest BCUT2D eigenvalue weighted by Gasteiger charge is -2.36. The maximum atomic E-state index is 12.3. The molecule has 1 aliphatic rings. The number of esters is 1. The molecule has 0 N–H and O–H groups in total. The molecule has 20 heavy (non-hydrogen) atoms. The van der Waals surface area contributed by atoms with Crippen molar-refractivity contribution in [3.63, 3.8) is 0 Å². The largest absolute Gasteiger partial charge is 0.468 e. The Morgan fingerprint density at radius 3 is 2.80 bits per heavy atom. The number of hydrogen-bond acceptors (Lipinski definition) is 2. The van der Waals surface area contributed by atoms with E-state index in [2.05, 4.69) is 50.1 Å². The highest BCUT2D eigenvalue weighted by molar-refractivity contribution is 9.12. The lowest BCUT2D eigenvalue weighted by atomic mass is 9.80. The standard InChI is InChI=1S/C16H14Br2O2/c1-20-15(19)16(18)13-8-6-10-4-2-3-5-11(10)12(13)7-9-14(16)17/h2-6,8,14H,7,9H2,1H3/t14-,16-/m0/s1. The minimum absolute atomic E-state index is 0.0242. The van der Waals surface area contributed by atoms with Gasteiger partial charge in [0.05, 0.1) is 7.11 Å². The molecule has 0 amide bonds. The topological polar surface area (TPSA) is 26.3 Å². The van der Waals surface area contributed by atoms with E-state index in [1.165, 1.54) is 23.4 Å². The Bertz CT molecular complexity index is 683. The Morgan fingerprint density at radius 2 is 2.05 bits per heavy atom. The van der Waals surface area contributed by atoms with E-state index in [0.717, 1.165) is 18.4 Å². The van der Waals surface area contributed by atoms with Crippen molar-refractivity contribution in [3.05, 3.63) is 47.5 Å². The Hall–Kier alpha value is -0.870. The van der Waals surface area contributed by atoms with Gasteiger partial charge < -0.3 is 4.74 Å². The molecule has 0 radical (unpaired) electrons. The molecule has 2 aromatic carbocycles. The normalized spacial score (nSPS) is 25.2. The van der Waals surface area contributed by atoms with Gasteiger partial charge in [-0.15, -0.1) is 0 Å². The lowest BCUT2D eigenvalue weighted by molar-refractivity contribution is -0.143. The number of halogens is 2. The summed E-state index contributed by atoms with van der Waals surface area (Å²) in [6.07, 6.45) is 1.85. The van der Waals surface area contributed by atoms with E-state index in [-0.39, 0.29) is 10.8 Å². The Balaban J connectivity index is 2.29. The Labute approximate surface area is 134 Å². The molecule has 2 nitrogen and oxygen atoms in total. The Kier molecular flexibility index (Phi) is 3.63. The smallest absolute Gasteiger partial charge is 0.328 e. The van der Waals surface area contributed by atoms with Crippen LogP contribution in [0.4, 0.5) is 0 Å². The fourth-order valence-corrected chi connectivity index (χ4v) is 4.40. The van der Waals surface area contributed by atoms with Crippen LogP contribution < -0.4 is 0 Å². The summed E-state index contributed by atoms with van der Waals surface area (Å²) in [6, 6.07) is 12.4. The first kappa shape index (κ1) is 14.1. The molecule has 4 heteroatoms. The second-order valence-corrected chi connectivity index (χ2v) is 7.38. The number of fused-ring (bicyclic) bond motifs is 3. The van der Waals surface area contributed by atoms with Gasteiger partial charge >= 0.3 is 5.97 Å². The van der Waals surface area contributed by atoms with E-state index in [9.17, 15) is 4.79 Å². The summed E-state index contributed by atoms with van der Waals surface area (Å²) < 4.78 is 4.21. The molecule has 104 valence electrons. The van der Waals surface area contributed by atoms with Crippen LogP contribution in [-0.2, 0) is 20.3 Å². The molecule has 0 heterocycles. The molecular weight excluding hydrogens is 384 g/mol. The van der Waals surface area contributed by atoms with E-state index >= 15 is 0 Å². The number of carbonyl (C=O) groups excluding carboxylic acids is 1. The van der Waals surface area contributed by atoms with Crippen molar-refractivity contribution < 1.29 is 9.53 Å². The van der Waals surface area contributed by atoms with Crippen LogP contribution in [0, 0.1) is 0 Å². The van der Waals surface area contributed by atoms with Gasteiger partial charge in [-0.25, -0.2) is 0 Å². The number of ether oxygens (including phenoxy) is 1. The van der Waals surface area contributed by atoms with Gasteiger partial charge in [-0.1, -0.05) is 68.3 Å². The van der Waals surface area contributed by atoms with Gasteiger partial charge in [-0.05, 0) is 34.7 Å². The summed E-state index contributed by atoms with van der Waals surface area (Å²) in [5, 5.41) is 2.43. The molecule has 3 rings (SSSR count). The minimum atomic E-state index is -0.806. The average molecular weight is 398 g/mol. The number of carbonyl (C=O) groups is 1. The van der Waals surface area contributed by atoms with Gasteiger partial charge in [0.1, 0.15) is 0 Å². The van der Waals surface area contributed by atoms with Crippen LogP contribution in [0.3, 0.4) is 0 Å². The second-order valence-electron chi connectivity index (χ2n) is 5.02. The van der Waals surface area contributed by atoms with Crippen molar-refractivity contribution in [1.29, 1.82) is 0 Å². The molecule has 0 aliphatic heterocycles. The van der Waals surface area contributed by atoms with Gasteiger partial charge in [-0.3, -0.25) is 4.79 Å². The van der Waals surface area contributed by atoms with Crippen LogP contribution in [0.2, 0.25) is 0 Å². The molecule has 0 unspecified atom stereocenters. The van der Waals surface area contributed by atoms with Crippen molar-refractivity contribution in [3.8, 4) is 0 Å². The molecule has 0 saturated heterocycles. The number of aryl methyl sites for hydroxylation is 1. The zero-order valence-corrected chi connectivity index (χ0v) is 14.2. The summed E-state index contributed by atoms with van der Waals surface area (Å²) in [6.45, 7) is 0. The van der Waals surface area contributed by atoms with Crippen LogP contribution in [0.25, 0.3) is 10.8 Å². The lowest BCUT2D eigenvalue weighted by Crippen LogP contribution is -2.42. The predicted octanol–water partition coefficient (Wildman–Crippen LogP) is 4.31. The first-order valence-corrected chi connectivity index (χ1v) is 8.22. The highest BCUT2D eigenvalue weighted by atomic mass is 79.9. The molecular formula is C16H14Br2O2. The first-order chi connectivity index (χ1) is 9.59. The van der Waals surface area contributed by atoms with E-state index in [1.807, 2.05) is 18.2 Å². The summed E-state index contributed by atoms with van der Waals surface area (Å²) in [5.74, 6) is -0.254. The van der Waals surface area contributed by atoms with Crippen molar-refractivity contribution >= 4 is 48.6 Å². The highest BCUT2D eigenvalue weighted by Gasteiger charge is 2.48. The summed E-state index contributed by atoms with van der Waals surface area (Å²) in [5.41, 5.74) is 2.25. The molecule has 0 aromatic heterocycles. The van der Waals surface area contributed by atoms with Crippen LogP contribution in [0.15, 0.2) is 36.4 Å². The fraction of sp³-hybridized carbons (Fsp3) is 0.312. The highest BCUT2D eigenvalue weighted by Crippen LogP contribution is 2.48. The number of methoxy groups -OCH3 is 1. The van der Waals surface area contributed by atoms with Gasteiger partial charge in [0.25, 0.3) is 0 Å². The predicted molar refractivity (Wildman–Crippen MR) is 87.6 cm³/mol. The van der Waals surface area contributed by atoms with Gasteiger partial charge in [0, 0.05) is 4.83 Å². The monoisotopic (exact) mass is 396 g/mol. The second kappa shape index (κ2) is 5.15. The number of benzene rings is 2. The molecule has 0 spiro atoms. The molecule has 2 aromatic rings. The molecule has 0 fully saturated rings. The third-order valence-electron chi connectivity index (χ3n) is 3.99. The number of hydrogen-bond donors (Lipinski definition) is 0. The van der Waals surface area contributed by atoms with E-state index in [0.29, 0.717) is 0 Å². The third-order valence-corrected chi connectivity index (χ3v) is 7.06. The maximum absolute atomic E-state index is 12.3. The van der Waals surface area contributed by atoms with Crippen molar-refractivity contribution in [2.45, 2.75) is 22.0 Å². The van der Waals surface area contributed by atoms with Gasteiger partial charge in [0.15, 0.2) is 4.32 Å². The summed E-state index contributed by atoms with van der Waals surface area (Å²) in [4.78, 5) is 12.3. The summed E-state index contributed by atoms with van der Waals surface area (Å²) >= 11 is 7.29. The number of rotatable bonds is 1. The quantitative estimate of drug-likeness (QED) is 0.529. The van der Waals surface area contributed by atoms with Crippen LogP contribution in [0.5, 0.6) is 0 Å². The van der Waals surface area contributed by atoms with Crippen molar-refractivity contribution in [1.82, 2.24) is 0 Å². The number of alkyl halides is 2. The van der Waals surface area contributed by atoms with Crippen molar-refractivity contribution in [2.75, 3.05) is 7.11 Å². The van der Waals surface area contributed by atoms with E-state index < -0.39 is 4.32 Å². The van der Waals surface area contributed by atoms with Gasteiger partial charge in [0.2, 0.25) is 0 Å². The van der Waals surface area contributed by atoms with E-state index in [4.69, 9.17) is 4.74 Å². The van der Waals surface area contributed by atoms with Crippen LogP contribution in [0.1, 0.15) is 17.5 Å². The van der Waals surface area contributed by atoms with Crippen LogP contribution >= 0.6 is 31.9 Å². The zero-order chi connectivity index (χ0) is 14.3. The molecule has 0 bridgehead atoms. The van der Waals surface area contributed by atoms with Gasteiger partial charge in [-0.2, -0.15) is 0 Å². The molecule has 2 atom stereocenters. The van der Waals surface area contributed by atoms with Crippen molar-refractivity contribution in [2.24, 2.45) is 0 Å².